The number of H-pyrrole nitrogens is 1. The summed E-state index contributed by atoms with van der Waals surface area (Å²) >= 11 is 1.14. The molecule has 0 spiro atoms. The normalized spacial score (nSPS) is 11.4. The van der Waals surface area contributed by atoms with Crippen LogP contribution >= 0.6 is 11.3 Å². The van der Waals surface area contributed by atoms with Crippen LogP contribution < -0.4 is 10.0 Å². The number of nitrogens with zero attached hydrogens (tertiary/aromatic N) is 1. The predicted octanol–water partition coefficient (Wildman–Crippen LogP) is 0.498. The highest BCUT2D eigenvalue weighted by atomic mass is 32.2. The van der Waals surface area contributed by atoms with Gasteiger partial charge in [-0.05, 0) is 11.4 Å². The molecule has 0 aliphatic heterocycles. The number of imidazole rings is 1. The average Bonchev–Trinajstić information content (AvgIpc) is 3.12. The molecule has 0 atom stereocenters. The largest absolute Gasteiger partial charge is 0.356 e. The Morgan fingerprint density at radius 1 is 1.38 bits per heavy atom. The fourth-order valence-corrected chi connectivity index (χ4v) is 3.70. The second-order valence-corrected chi connectivity index (χ2v) is 7.16. The maximum atomic E-state index is 11.8. The maximum Gasteiger partial charge on any atom is 0.250 e. The highest BCUT2D eigenvalue weighted by molar-refractivity contribution is 7.91. The third-order valence-electron chi connectivity index (χ3n) is 2.64. The Balaban J connectivity index is 1.65. The van der Waals surface area contributed by atoms with E-state index in [0.29, 0.717) is 13.0 Å². The first-order valence-electron chi connectivity index (χ1n) is 6.36. The van der Waals surface area contributed by atoms with E-state index < -0.39 is 10.0 Å². The third kappa shape index (κ3) is 4.96. The first-order chi connectivity index (χ1) is 10.1. The zero-order valence-electron chi connectivity index (χ0n) is 11.2. The number of carbonyl (C=O) groups excluding carboxylic acids is 1. The average molecular weight is 328 g/mol. The summed E-state index contributed by atoms with van der Waals surface area (Å²) in [6.45, 7) is 0.539. The molecule has 0 saturated carbocycles. The SMILES string of the molecule is O=C(CCNS(=O)(=O)c1cccs1)NCCc1ncc[nH]1. The summed E-state index contributed by atoms with van der Waals surface area (Å²) in [6, 6.07) is 3.19. The van der Waals surface area contributed by atoms with Crippen molar-refractivity contribution in [2.75, 3.05) is 13.1 Å². The molecule has 9 heteroatoms. The number of carbonyl (C=O) groups is 1. The van der Waals surface area contributed by atoms with Crippen LogP contribution in [-0.2, 0) is 21.2 Å². The quantitative estimate of drug-likeness (QED) is 0.656. The molecule has 2 aromatic rings. The van der Waals surface area contributed by atoms with E-state index in [0.717, 1.165) is 17.2 Å². The first-order valence-corrected chi connectivity index (χ1v) is 8.72. The Morgan fingerprint density at radius 3 is 2.90 bits per heavy atom. The second kappa shape index (κ2) is 7.34. The van der Waals surface area contributed by atoms with Crippen LogP contribution in [0.4, 0.5) is 0 Å². The van der Waals surface area contributed by atoms with Crippen LogP contribution in [0.15, 0.2) is 34.1 Å². The van der Waals surface area contributed by atoms with Gasteiger partial charge in [0, 0.05) is 38.3 Å². The van der Waals surface area contributed by atoms with Crippen molar-refractivity contribution in [3.8, 4) is 0 Å². The lowest BCUT2D eigenvalue weighted by atomic mass is 10.3. The van der Waals surface area contributed by atoms with Gasteiger partial charge in [0.25, 0.3) is 0 Å². The maximum absolute atomic E-state index is 11.8. The standard InChI is InChI=1S/C12H16N4O3S2/c17-11(15-5-3-10-13-7-8-14-10)4-6-16-21(18,19)12-2-1-9-20-12/h1-2,7-9,16H,3-6H2,(H,13,14)(H,15,17). The summed E-state index contributed by atoms with van der Waals surface area (Å²) in [5, 5.41) is 4.40. The van der Waals surface area contributed by atoms with E-state index >= 15 is 0 Å². The molecule has 21 heavy (non-hydrogen) atoms. The monoisotopic (exact) mass is 328 g/mol. The smallest absolute Gasteiger partial charge is 0.250 e. The van der Waals surface area contributed by atoms with Crippen molar-refractivity contribution in [1.29, 1.82) is 0 Å². The molecular formula is C12H16N4O3S2. The predicted molar refractivity (Wildman–Crippen MR) is 79.4 cm³/mol. The molecule has 0 aromatic carbocycles. The summed E-state index contributed by atoms with van der Waals surface area (Å²) in [4.78, 5) is 18.5. The van der Waals surface area contributed by atoms with Gasteiger partial charge in [0.15, 0.2) is 0 Å². The molecule has 2 rings (SSSR count). The van der Waals surface area contributed by atoms with Gasteiger partial charge < -0.3 is 10.3 Å². The van der Waals surface area contributed by atoms with E-state index in [9.17, 15) is 13.2 Å². The minimum absolute atomic E-state index is 0.0762. The second-order valence-electron chi connectivity index (χ2n) is 4.22. The summed E-state index contributed by atoms with van der Waals surface area (Å²) in [5.74, 6) is 0.601. The number of hydrogen-bond donors (Lipinski definition) is 3. The number of aromatic nitrogens is 2. The number of aromatic amines is 1. The van der Waals surface area contributed by atoms with Crippen molar-refractivity contribution in [2.45, 2.75) is 17.1 Å². The van der Waals surface area contributed by atoms with Gasteiger partial charge in [-0.15, -0.1) is 11.3 Å². The number of sulfonamides is 1. The fourth-order valence-electron chi connectivity index (χ4n) is 1.63. The molecule has 2 aromatic heterocycles. The van der Waals surface area contributed by atoms with E-state index in [-0.39, 0.29) is 23.1 Å². The number of amides is 1. The minimum Gasteiger partial charge on any atom is -0.356 e. The number of nitrogens with one attached hydrogen (secondary N) is 3. The minimum atomic E-state index is -3.50. The molecule has 0 aliphatic carbocycles. The van der Waals surface area contributed by atoms with Gasteiger partial charge in [-0.1, -0.05) is 6.07 Å². The first kappa shape index (κ1) is 15.7. The van der Waals surface area contributed by atoms with Gasteiger partial charge >= 0.3 is 0 Å². The third-order valence-corrected chi connectivity index (χ3v) is 5.50. The van der Waals surface area contributed by atoms with Crippen molar-refractivity contribution in [3.05, 3.63) is 35.7 Å². The molecule has 0 unspecified atom stereocenters. The van der Waals surface area contributed by atoms with Crippen molar-refractivity contribution in [2.24, 2.45) is 0 Å². The molecule has 0 aliphatic rings. The Morgan fingerprint density at radius 2 is 2.24 bits per heavy atom. The number of rotatable bonds is 8. The van der Waals surface area contributed by atoms with Crippen molar-refractivity contribution < 1.29 is 13.2 Å². The zero-order chi connectivity index (χ0) is 15.1. The summed E-state index contributed by atoms with van der Waals surface area (Å²) in [5.41, 5.74) is 0. The van der Waals surface area contributed by atoms with Gasteiger partial charge in [0.2, 0.25) is 15.9 Å². The van der Waals surface area contributed by atoms with Gasteiger partial charge in [0.1, 0.15) is 10.0 Å². The van der Waals surface area contributed by atoms with Crippen LogP contribution in [0.2, 0.25) is 0 Å². The van der Waals surface area contributed by atoms with Crippen LogP contribution in [0, 0.1) is 0 Å². The molecule has 3 N–H and O–H groups in total. The molecule has 2 heterocycles. The summed E-state index contributed by atoms with van der Waals surface area (Å²) in [6.07, 6.45) is 4.08. The van der Waals surface area contributed by atoms with Crippen LogP contribution in [0.5, 0.6) is 0 Å². The van der Waals surface area contributed by atoms with Crippen LogP contribution in [-0.4, -0.2) is 37.4 Å². The molecule has 0 bridgehead atoms. The van der Waals surface area contributed by atoms with Crippen molar-refractivity contribution in [1.82, 2.24) is 20.0 Å². The van der Waals surface area contributed by atoms with Gasteiger partial charge in [-0.2, -0.15) is 0 Å². The van der Waals surface area contributed by atoms with Crippen LogP contribution in [0.25, 0.3) is 0 Å². The van der Waals surface area contributed by atoms with E-state index in [4.69, 9.17) is 0 Å². The lowest BCUT2D eigenvalue weighted by Gasteiger charge is -2.06. The Kier molecular flexibility index (Phi) is 5.48. The van der Waals surface area contributed by atoms with E-state index in [2.05, 4.69) is 20.0 Å². The van der Waals surface area contributed by atoms with E-state index in [1.807, 2.05) is 0 Å². The van der Waals surface area contributed by atoms with Gasteiger partial charge in [0.05, 0.1) is 0 Å². The van der Waals surface area contributed by atoms with Gasteiger partial charge in [-0.3, -0.25) is 4.79 Å². The molecule has 114 valence electrons. The lowest BCUT2D eigenvalue weighted by Crippen LogP contribution is -2.31. The molecule has 7 nitrogen and oxygen atoms in total. The Bertz CT molecular complexity index is 651. The fraction of sp³-hybridized carbons (Fsp3) is 0.333. The number of hydrogen-bond acceptors (Lipinski definition) is 5. The highest BCUT2D eigenvalue weighted by Crippen LogP contribution is 2.14. The highest BCUT2D eigenvalue weighted by Gasteiger charge is 2.14. The van der Waals surface area contributed by atoms with E-state index in [1.165, 1.54) is 6.07 Å². The summed E-state index contributed by atoms with van der Waals surface area (Å²) < 4.78 is 26.2. The molecule has 0 fully saturated rings. The molecule has 0 radical (unpaired) electrons. The van der Waals surface area contributed by atoms with Crippen molar-refractivity contribution in [3.63, 3.8) is 0 Å². The summed E-state index contributed by atoms with van der Waals surface area (Å²) in [7, 11) is -3.50. The topological polar surface area (TPSA) is 104 Å². The van der Waals surface area contributed by atoms with Crippen LogP contribution in [0.3, 0.4) is 0 Å². The van der Waals surface area contributed by atoms with Gasteiger partial charge in [-0.25, -0.2) is 18.1 Å². The zero-order valence-corrected chi connectivity index (χ0v) is 12.8. The Labute approximate surface area is 126 Å². The lowest BCUT2D eigenvalue weighted by molar-refractivity contribution is -0.120. The van der Waals surface area contributed by atoms with Crippen molar-refractivity contribution >= 4 is 27.3 Å². The van der Waals surface area contributed by atoms with E-state index in [1.54, 1.807) is 23.8 Å². The molecule has 0 saturated heterocycles. The Hall–Kier alpha value is -1.71. The van der Waals surface area contributed by atoms with Crippen LogP contribution in [0.1, 0.15) is 12.2 Å². The molecule has 1 amide bonds. The number of thiophene rings is 1. The molecular weight excluding hydrogens is 312 g/mol.